The van der Waals surface area contributed by atoms with E-state index >= 15 is 0 Å². The molecule has 1 N–H and O–H groups in total. The lowest BCUT2D eigenvalue weighted by Crippen LogP contribution is -2.26. The van der Waals surface area contributed by atoms with E-state index in [1.165, 1.54) is 51.6 Å². The molecule has 3 nitrogen and oxygen atoms in total. The van der Waals surface area contributed by atoms with E-state index < -0.39 is 0 Å². The van der Waals surface area contributed by atoms with Crippen molar-refractivity contribution in [3.8, 4) is 5.75 Å². The maximum atomic E-state index is 6.23. The summed E-state index contributed by atoms with van der Waals surface area (Å²) in [6, 6.07) is 24.4. The van der Waals surface area contributed by atoms with Crippen LogP contribution in [0.3, 0.4) is 0 Å². The molecule has 3 heteroatoms. The third-order valence-corrected chi connectivity index (χ3v) is 7.36. The summed E-state index contributed by atoms with van der Waals surface area (Å²) >= 11 is 0. The predicted molar refractivity (Wildman–Crippen MR) is 147 cm³/mol. The van der Waals surface area contributed by atoms with Gasteiger partial charge in [-0.1, -0.05) is 74.9 Å². The third-order valence-electron chi connectivity index (χ3n) is 7.36. The molecule has 0 amide bonds. The normalized spacial score (nSPS) is 15.0. The van der Waals surface area contributed by atoms with Gasteiger partial charge < -0.3 is 14.6 Å². The van der Waals surface area contributed by atoms with Crippen LogP contribution in [-0.4, -0.2) is 17.7 Å². The van der Waals surface area contributed by atoms with Crippen molar-refractivity contribution in [2.24, 2.45) is 0 Å². The first-order valence-electron chi connectivity index (χ1n) is 13.0. The van der Waals surface area contributed by atoms with Crippen molar-refractivity contribution in [1.82, 2.24) is 9.88 Å². The van der Waals surface area contributed by atoms with Gasteiger partial charge in [0.05, 0.1) is 5.52 Å². The fourth-order valence-electron chi connectivity index (χ4n) is 5.14. The molecule has 0 spiro atoms. The Morgan fingerprint density at radius 3 is 2.26 bits per heavy atom. The van der Waals surface area contributed by atoms with E-state index in [0.717, 1.165) is 25.4 Å². The highest BCUT2D eigenvalue weighted by atomic mass is 16.5. The average Bonchev–Trinajstić information content (AvgIpc) is 3.21. The van der Waals surface area contributed by atoms with Crippen LogP contribution >= 0.6 is 0 Å². The molecule has 35 heavy (non-hydrogen) atoms. The molecular formula is C32H38N2O. The second-order valence-electron chi connectivity index (χ2n) is 11.1. The van der Waals surface area contributed by atoms with Crippen molar-refractivity contribution in [3.05, 3.63) is 101 Å². The number of nitrogens with zero attached hydrogens (tertiary/aromatic N) is 1. The monoisotopic (exact) mass is 466 g/mol. The minimum absolute atomic E-state index is 0.171. The van der Waals surface area contributed by atoms with Crippen molar-refractivity contribution >= 4 is 10.9 Å². The van der Waals surface area contributed by atoms with Crippen LogP contribution in [0.1, 0.15) is 67.3 Å². The summed E-state index contributed by atoms with van der Waals surface area (Å²) in [7, 11) is 0. The molecule has 0 aliphatic carbocycles. The zero-order chi connectivity index (χ0) is 24.4. The number of aryl methyl sites for hydroxylation is 1. The second kappa shape index (κ2) is 9.91. The minimum atomic E-state index is 0.171. The number of hydrogen-bond donors (Lipinski definition) is 1. The Bertz CT molecular complexity index is 1270. The van der Waals surface area contributed by atoms with Crippen LogP contribution in [0.4, 0.5) is 0 Å². The molecule has 3 aromatic carbocycles. The Balaban J connectivity index is 1.45. The molecule has 1 aliphatic heterocycles. The zero-order valence-electron chi connectivity index (χ0n) is 21.6. The minimum Gasteiger partial charge on any atom is -0.489 e. The highest BCUT2D eigenvalue weighted by molar-refractivity contribution is 5.86. The first kappa shape index (κ1) is 23.7. The number of benzene rings is 3. The Labute approximate surface area is 210 Å². The van der Waals surface area contributed by atoms with Crippen molar-refractivity contribution in [2.45, 2.75) is 65.0 Å². The Kier molecular flexibility index (Phi) is 6.71. The summed E-state index contributed by atoms with van der Waals surface area (Å²) in [5.74, 6) is 1.54. The number of fused-ring (bicyclic) bond motifs is 1. The summed E-state index contributed by atoms with van der Waals surface area (Å²) in [5.41, 5.74) is 8.09. The van der Waals surface area contributed by atoms with Gasteiger partial charge in [-0.05, 0) is 78.6 Å². The summed E-state index contributed by atoms with van der Waals surface area (Å²) in [6.45, 7) is 12.6. The van der Waals surface area contributed by atoms with E-state index in [2.05, 4.69) is 111 Å². The van der Waals surface area contributed by atoms with Gasteiger partial charge in [0.1, 0.15) is 12.4 Å². The average molecular weight is 467 g/mol. The maximum Gasteiger partial charge on any atom is 0.121 e. The van der Waals surface area contributed by atoms with Crippen LogP contribution < -0.4 is 10.1 Å². The van der Waals surface area contributed by atoms with Gasteiger partial charge in [-0.15, -0.1) is 0 Å². The number of aromatic nitrogens is 1. The zero-order valence-corrected chi connectivity index (χ0v) is 21.6. The smallest absolute Gasteiger partial charge is 0.121 e. The Morgan fingerprint density at radius 1 is 0.886 bits per heavy atom. The van der Waals surface area contributed by atoms with Crippen molar-refractivity contribution in [1.29, 1.82) is 0 Å². The highest BCUT2D eigenvalue weighted by Crippen LogP contribution is 2.35. The first-order chi connectivity index (χ1) is 16.9. The molecule has 4 aromatic rings. The van der Waals surface area contributed by atoms with Gasteiger partial charge in [0.2, 0.25) is 0 Å². The molecule has 0 radical (unpaired) electrons. The molecule has 182 valence electrons. The van der Waals surface area contributed by atoms with Gasteiger partial charge in [-0.2, -0.15) is 0 Å². The summed E-state index contributed by atoms with van der Waals surface area (Å²) in [6.07, 6.45) is 4.80. The van der Waals surface area contributed by atoms with E-state index in [1.807, 2.05) is 0 Å². The van der Waals surface area contributed by atoms with Gasteiger partial charge in [-0.25, -0.2) is 0 Å². The fraction of sp³-hybridized carbons (Fsp3) is 0.375. The summed E-state index contributed by atoms with van der Waals surface area (Å²) < 4.78 is 8.66. The van der Waals surface area contributed by atoms with Crippen molar-refractivity contribution in [3.63, 3.8) is 0 Å². The van der Waals surface area contributed by atoms with E-state index in [0.29, 0.717) is 12.5 Å². The molecule has 0 unspecified atom stereocenters. The number of nitrogens with one attached hydrogen (secondary N) is 1. The molecule has 1 aliphatic rings. The van der Waals surface area contributed by atoms with Crippen LogP contribution in [0.2, 0.25) is 0 Å². The molecule has 0 atom stereocenters. The van der Waals surface area contributed by atoms with Crippen molar-refractivity contribution < 1.29 is 4.74 Å². The van der Waals surface area contributed by atoms with Crippen LogP contribution in [0.5, 0.6) is 5.75 Å². The SMILES string of the molecule is Cc1ccc(COc2ccc3c(C4CCNCC4)cn(Cc4ccc(C(C)(C)C)cc4)c3c2)cc1. The van der Waals surface area contributed by atoms with Crippen LogP contribution in [0, 0.1) is 6.92 Å². The lowest BCUT2D eigenvalue weighted by Gasteiger charge is -2.22. The van der Waals surface area contributed by atoms with Crippen molar-refractivity contribution in [2.75, 3.05) is 13.1 Å². The number of hydrogen-bond acceptors (Lipinski definition) is 2. The number of piperidine rings is 1. The van der Waals surface area contributed by atoms with Crippen LogP contribution in [-0.2, 0) is 18.6 Å². The van der Waals surface area contributed by atoms with E-state index in [9.17, 15) is 0 Å². The standard InChI is InChI=1S/C32H38N2O/c1-23-5-7-25(8-6-23)22-35-28-13-14-29-30(26-15-17-33-18-16-26)21-34(31(29)19-28)20-24-9-11-27(12-10-24)32(2,3)4/h5-14,19,21,26,33H,15-18,20,22H2,1-4H3. The summed E-state index contributed by atoms with van der Waals surface area (Å²) in [5, 5.41) is 4.88. The largest absolute Gasteiger partial charge is 0.489 e. The molecule has 1 saturated heterocycles. The predicted octanol–water partition coefficient (Wildman–Crippen LogP) is 7.34. The first-order valence-corrected chi connectivity index (χ1v) is 13.0. The third kappa shape index (κ3) is 5.46. The van der Waals surface area contributed by atoms with Gasteiger partial charge in [0, 0.05) is 24.2 Å². The molecule has 0 bridgehead atoms. The lowest BCUT2D eigenvalue weighted by atomic mass is 9.87. The fourth-order valence-corrected chi connectivity index (χ4v) is 5.14. The molecule has 2 heterocycles. The lowest BCUT2D eigenvalue weighted by molar-refractivity contribution is 0.306. The second-order valence-corrected chi connectivity index (χ2v) is 11.1. The van der Waals surface area contributed by atoms with Gasteiger partial charge >= 0.3 is 0 Å². The Hall–Kier alpha value is -3.04. The van der Waals surface area contributed by atoms with Gasteiger partial charge in [0.25, 0.3) is 0 Å². The van der Waals surface area contributed by atoms with Crippen LogP contribution in [0.25, 0.3) is 10.9 Å². The molecular weight excluding hydrogens is 428 g/mol. The molecule has 1 fully saturated rings. The molecule has 0 saturated carbocycles. The quantitative estimate of drug-likeness (QED) is 0.322. The molecule has 1 aromatic heterocycles. The van der Waals surface area contributed by atoms with E-state index in [1.54, 1.807) is 0 Å². The molecule has 5 rings (SSSR count). The topological polar surface area (TPSA) is 26.2 Å². The Morgan fingerprint density at radius 2 is 1.57 bits per heavy atom. The van der Waals surface area contributed by atoms with E-state index in [4.69, 9.17) is 4.74 Å². The van der Waals surface area contributed by atoms with Gasteiger partial charge in [-0.3, -0.25) is 0 Å². The summed E-state index contributed by atoms with van der Waals surface area (Å²) in [4.78, 5) is 0. The number of rotatable bonds is 6. The van der Waals surface area contributed by atoms with E-state index in [-0.39, 0.29) is 5.41 Å². The van der Waals surface area contributed by atoms with Crippen LogP contribution in [0.15, 0.2) is 72.9 Å². The maximum absolute atomic E-state index is 6.23. The number of ether oxygens (including phenoxy) is 1. The van der Waals surface area contributed by atoms with Gasteiger partial charge in [0.15, 0.2) is 0 Å². The highest BCUT2D eigenvalue weighted by Gasteiger charge is 2.21.